The zero-order valence-corrected chi connectivity index (χ0v) is 13.1. The molecular formula is C18H24N2O2. The number of hydrogen-bond donors (Lipinski definition) is 1. The molecule has 4 heteroatoms. The second kappa shape index (κ2) is 5.58. The lowest BCUT2D eigenvalue weighted by atomic mass is 9.83. The first-order valence-corrected chi connectivity index (χ1v) is 8.43. The highest BCUT2D eigenvalue weighted by atomic mass is 16.5. The van der Waals surface area contributed by atoms with Crippen molar-refractivity contribution < 1.29 is 9.53 Å². The normalized spacial score (nSPS) is 31.0. The van der Waals surface area contributed by atoms with Crippen molar-refractivity contribution in [1.29, 1.82) is 0 Å². The summed E-state index contributed by atoms with van der Waals surface area (Å²) >= 11 is 0. The number of carbonyl (C=O) groups is 1. The van der Waals surface area contributed by atoms with Gasteiger partial charge in [-0.05, 0) is 36.5 Å². The molecule has 1 saturated carbocycles. The van der Waals surface area contributed by atoms with E-state index < -0.39 is 0 Å². The molecule has 2 aliphatic heterocycles. The molecule has 0 spiro atoms. The van der Waals surface area contributed by atoms with E-state index >= 15 is 0 Å². The molecule has 1 aliphatic carbocycles. The molecule has 0 radical (unpaired) electrons. The summed E-state index contributed by atoms with van der Waals surface area (Å²) < 4.78 is 5.26. The average molecular weight is 300 g/mol. The third-order valence-electron chi connectivity index (χ3n) is 5.76. The Kier molecular flexibility index (Phi) is 3.57. The molecule has 1 aromatic carbocycles. The van der Waals surface area contributed by atoms with Gasteiger partial charge in [-0.2, -0.15) is 0 Å². The van der Waals surface area contributed by atoms with Crippen LogP contribution in [0, 0.1) is 17.8 Å². The minimum Gasteiger partial charge on any atom is -0.497 e. The summed E-state index contributed by atoms with van der Waals surface area (Å²) in [5.41, 5.74) is 1.25. The molecule has 1 amide bonds. The fourth-order valence-corrected chi connectivity index (χ4v) is 4.27. The monoisotopic (exact) mass is 300 g/mol. The maximum atomic E-state index is 12.8. The van der Waals surface area contributed by atoms with Crippen LogP contribution in [0.3, 0.4) is 0 Å². The number of nitrogens with one attached hydrogen (secondary N) is 1. The van der Waals surface area contributed by atoms with E-state index in [4.69, 9.17) is 4.74 Å². The zero-order chi connectivity index (χ0) is 15.1. The molecule has 1 N–H and O–H groups in total. The summed E-state index contributed by atoms with van der Waals surface area (Å²) in [7, 11) is 1.69. The molecule has 2 saturated heterocycles. The number of fused-ring (bicyclic) bond motifs is 1. The Bertz CT molecular complexity index is 553. The van der Waals surface area contributed by atoms with Crippen LogP contribution in [0.4, 0.5) is 0 Å². The SMILES string of the molecule is COc1ccc([C@@H]2[C@H]3CNC[C@H]3CN2C(=O)C2CCC2)cc1. The highest BCUT2D eigenvalue weighted by molar-refractivity contribution is 5.80. The Hall–Kier alpha value is -1.55. The number of methoxy groups -OCH3 is 1. The Morgan fingerprint density at radius 1 is 1.23 bits per heavy atom. The van der Waals surface area contributed by atoms with Crippen molar-refractivity contribution in [3.63, 3.8) is 0 Å². The van der Waals surface area contributed by atoms with E-state index in [2.05, 4.69) is 22.3 Å². The van der Waals surface area contributed by atoms with Crippen molar-refractivity contribution in [3.05, 3.63) is 29.8 Å². The third-order valence-corrected chi connectivity index (χ3v) is 5.76. The van der Waals surface area contributed by atoms with Crippen LogP contribution < -0.4 is 10.1 Å². The van der Waals surface area contributed by atoms with Crippen LogP contribution in [0.25, 0.3) is 0 Å². The average Bonchev–Trinajstić information content (AvgIpc) is 3.05. The summed E-state index contributed by atoms with van der Waals surface area (Å²) in [5, 5.41) is 3.50. The number of amides is 1. The Morgan fingerprint density at radius 2 is 2.00 bits per heavy atom. The van der Waals surface area contributed by atoms with Gasteiger partial charge in [-0.1, -0.05) is 18.6 Å². The smallest absolute Gasteiger partial charge is 0.226 e. The summed E-state index contributed by atoms with van der Waals surface area (Å²) in [4.78, 5) is 15.0. The van der Waals surface area contributed by atoms with Crippen molar-refractivity contribution in [3.8, 4) is 5.75 Å². The second-order valence-electron chi connectivity index (χ2n) is 6.92. The number of nitrogens with zero attached hydrogens (tertiary/aromatic N) is 1. The van der Waals surface area contributed by atoms with Crippen molar-refractivity contribution in [1.82, 2.24) is 10.2 Å². The molecule has 3 aliphatic rings. The van der Waals surface area contributed by atoms with E-state index in [0.29, 0.717) is 17.7 Å². The molecule has 118 valence electrons. The predicted octanol–water partition coefficient (Wildman–Crippen LogP) is 2.21. The molecule has 1 aromatic rings. The van der Waals surface area contributed by atoms with Crippen LogP contribution in [0.5, 0.6) is 5.75 Å². The van der Waals surface area contributed by atoms with Gasteiger partial charge in [0.1, 0.15) is 5.75 Å². The first kappa shape index (κ1) is 14.1. The van der Waals surface area contributed by atoms with Crippen LogP contribution in [-0.4, -0.2) is 37.6 Å². The first-order chi connectivity index (χ1) is 10.8. The van der Waals surface area contributed by atoms with Gasteiger partial charge in [-0.25, -0.2) is 0 Å². The van der Waals surface area contributed by atoms with Gasteiger partial charge in [-0.3, -0.25) is 4.79 Å². The maximum absolute atomic E-state index is 12.8. The minimum absolute atomic E-state index is 0.235. The molecule has 4 rings (SSSR count). The molecular weight excluding hydrogens is 276 g/mol. The number of ether oxygens (including phenoxy) is 1. The van der Waals surface area contributed by atoms with Gasteiger partial charge in [-0.15, -0.1) is 0 Å². The number of likely N-dealkylation sites (tertiary alicyclic amines) is 1. The number of rotatable bonds is 3. The van der Waals surface area contributed by atoms with Crippen LogP contribution in [-0.2, 0) is 4.79 Å². The Morgan fingerprint density at radius 3 is 2.64 bits per heavy atom. The lowest BCUT2D eigenvalue weighted by Crippen LogP contribution is -2.40. The zero-order valence-electron chi connectivity index (χ0n) is 13.1. The van der Waals surface area contributed by atoms with Crippen LogP contribution in [0.15, 0.2) is 24.3 Å². The quantitative estimate of drug-likeness (QED) is 0.930. The van der Waals surface area contributed by atoms with Crippen LogP contribution in [0.2, 0.25) is 0 Å². The molecule has 22 heavy (non-hydrogen) atoms. The molecule has 2 heterocycles. The number of benzene rings is 1. The predicted molar refractivity (Wildman–Crippen MR) is 84.6 cm³/mol. The molecule has 0 aromatic heterocycles. The van der Waals surface area contributed by atoms with E-state index in [1.165, 1.54) is 12.0 Å². The van der Waals surface area contributed by atoms with Gasteiger partial charge in [0, 0.05) is 31.5 Å². The fourth-order valence-electron chi connectivity index (χ4n) is 4.27. The maximum Gasteiger partial charge on any atom is 0.226 e. The van der Waals surface area contributed by atoms with Crippen molar-refractivity contribution in [2.75, 3.05) is 26.7 Å². The molecule has 4 nitrogen and oxygen atoms in total. The highest BCUT2D eigenvalue weighted by Crippen LogP contribution is 2.45. The van der Waals surface area contributed by atoms with Crippen molar-refractivity contribution in [2.45, 2.75) is 25.3 Å². The van der Waals surface area contributed by atoms with Gasteiger partial charge in [0.05, 0.1) is 13.2 Å². The second-order valence-corrected chi connectivity index (χ2v) is 6.92. The lowest BCUT2D eigenvalue weighted by molar-refractivity contribution is -0.139. The first-order valence-electron chi connectivity index (χ1n) is 8.43. The summed E-state index contributed by atoms with van der Waals surface area (Å²) in [6.45, 7) is 2.99. The Labute approximate surface area is 131 Å². The standard InChI is InChI=1S/C18H24N2O2/c1-22-15-7-5-12(6-8-15)17-16-10-19-9-14(16)11-20(17)18(21)13-3-2-4-13/h5-8,13-14,16-17,19H,2-4,9-11H2,1H3/t14-,16-,17+/m0/s1. The van der Waals surface area contributed by atoms with E-state index in [-0.39, 0.29) is 12.0 Å². The van der Waals surface area contributed by atoms with Gasteiger partial charge in [0.2, 0.25) is 5.91 Å². The van der Waals surface area contributed by atoms with Gasteiger partial charge in [0.15, 0.2) is 0 Å². The fraction of sp³-hybridized carbons (Fsp3) is 0.611. The molecule has 3 fully saturated rings. The van der Waals surface area contributed by atoms with Crippen molar-refractivity contribution >= 4 is 5.91 Å². The summed E-state index contributed by atoms with van der Waals surface area (Å²) in [5.74, 6) is 2.71. The minimum atomic E-state index is 0.235. The van der Waals surface area contributed by atoms with Crippen LogP contribution >= 0.6 is 0 Å². The van der Waals surface area contributed by atoms with Crippen LogP contribution in [0.1, 0.15) is 30.9 Å². The van der Waals surface area contributed by atoms with E-state index in [1.54, 1.807) is 7.11 Å². The van der Waals surface area contributed by atoms with Gasteiger partial charge >= 0.3 is 0 Å². The third kappa shape index (κ3) is 2.21. The molecule has 3 atom stereocenters. The molecule has 0 unspecified atom stereocenters. The number of carbonyl (C=O) groups excluding carboxylic acids is 1. The van der Waals surface area contributed by atoms with Gasteiger partial charge in [0.25, 0.3) is 0 Å². The summed E-state index contributed by atoms with van der Waals surface area (Å²) in [6, 6.07) is 8.52. The Balaban J connectivity index is 1.63. The topological polar surface area (TPSA) is 41.6 Å². The largest absolute Gasteiger partial charge is 0.497 e. The summed E-state index contributed by atoms with van der Waals surface area (Å²) in [6.07, 6.45) is 3.38. The lowest BCUT2D eigenvalue weighted by Gasteiger charge is -2.34. The van der Waals surface area contributed by atoms with E-state index in [0.717, 1.165) is 38.2 Å². The van der Waals surface area contributed by atoms with E-state index in [1.807, 2.05) is 12.1 Å². The van der Waals surface area contributed by atoms with E-state index in [9.17, 15) is 4.79 Å². The number of hydrogen-bond acceptors (Lipinski definition) is 3. The highest BCUT2D eigenvalue weighted by Gasteiger charge is 2.48. The molecule has 0 bridgehead atoms. The van der Waals surface area contributed by atoms with Crippen molar-refractivity contribution in [2.24, 2.45) is 17.8 Å². The van der Waals surface area contributed by atoms with Gasteiger partial charge < -0.3 is 15.0 Å².